The van der Waals surface area contributed by atoms with Crippen molar-refractivity contribution in [1.82, 2.24) is 0 Å². The monoisotopic (exact) mass is 512 g/mol. The van der Waals surface area contributed by atoms with E-state index in [1.54, 1.807) is 0 Å². The van der Waals surface area contributed by atoms with Crippen LogP contribution in [0.3, 0.4) is 0 Å². The van der Waals surface area contributed by atoms with Gasteiger partial charge >= 0.3 is 5.97 Å². The predicted octanol–water partition coefficient (Wildman–Crippen LogP) is 5.99. The number of aliphatic hydroxyl groups excluding tert-OH is 1. The van der Waals surface area contributed by atoms with Crippen LogP contribution in [-0.2, 0) is 25.1 Å². The van der Waals surface area contributed by atoms with Crippen molar-refractivity contribution in [3.63, 3.8) is 0 Å². The maximum absolute atomic E-state index is 10.9. The molecule has 1 N–H and O–H groups in total. The molecule has 0 aliphatic carbocycles. The van der Waals surface area contributed by atoms with Crippen LogP contribution in [0.1, 0.15) is 65.5 Å². The van der Waals surface area contributed by atoms with E-state index in [0.29, 0.717) is 18.5 Å². The van der Waals surface area contributed by atoms with Gasteiger partial charge in [-0.25, -0.2) is 4.79 Å². The molecular weight excluding hydrogens is 468 g/mol. The minimum atomic E-state index is -0.861. The molecule has 1 aliphatic heterocycles. The second-order valence-electron chi connectivity index (χ2n) is 10.6. The van der Waals surface area contributed by atoms with E-state index in [1.807, 2.05) is 24.3 Å². The minimum Gasteiger partial charge on any atom is -0.491 e. The van der Waals surface area contributed by atoms with Crippen molar-refractivity contribution in [3.8, 4) is 11.5 Å². The number of esters is 1. The van der Waals surface area contributed by atoms with Crippen LogP contribution in [0, 0.1) is 0 Å². The third kappa shape index (κ3) is 10.6. The Morgan fingerprint density at radius 2 is 1.41 bits per heavy atom. The smallest absolute Gasteiger partial charge is 0.330 e. The van der Waals surface area contributed by atoms with Gasteiger partial charge in [0.05, 0.1) is 6.61 Å². The normalized spacial score (nSPS) is 15.6. The molecule has 204 valence electrons. The molecule has 2 aromatic carbocycles. The topological polar surface area (TPSA) is 77.5 Å². The second kappa shape index (κ2) is 14.2. The Hall–Kier alpha value is -2.83. The van der Waals surface area contributed by atoms with E-state index < -0.39 is 12.1 Å². The molecule has 0 saturated carbocycles. The zero-order valence-electron chi connectivity index (χ0n) is 23.3. The molecular formula is C31H44O6. The fraction of sp³-hybridized carbons (Fsp3) is 0.516. The van der Waals surface area contributed by atoms with Gasteiger partial charge in [-0.15, -0.1) is 0 Å². The SMILES string of the molecule is C=CC(=O)OCC(O)COc1ccc(C(C)(C)CC)cc1.CCC(C)(C)c1ccc(OCC2CO2)cc1. The molecule has 0 bridgehead atoms. The largest absolute Gasteiger partial charge is 0.491 e. The number of epoxide rings is 1. The molecule has 2 aromatic rings. The van der Waals surface area contributed by atoms with Crippen LogP contribution in [0.5, 0.6) is 11.5 Å². The molecule has 0 spiro atoms. The van der Waals surface area contributed by atoms with Crippen LogP contribution in [0.4, 0.5) is 0 Å². The van der Waals surface area contributed by atoms with E-state index in [9.17, 15) is 9.90 Å². The Kier molecular flexibility index (Phi) is 11.7. The first-order chi connectivity index (χ1) is 17.5. The number of ether oxygens (including phenoxy) is 4. The third-order valence-electron chi connectivity index (χ3n) is 6.90. The van der Waals surface area contributed by atoms with Gasteiger partial charge in [0.2, 0.25) is 0 Å². The highest BCUT2D eigenvalue weighted by atomic mass is 16.6. The molecule has 0 aromatic heterocycles. The Morgan fingerprint density at radius 3 is 1.81 bits per heavy atom. The number of carbonyl (C=O) groups is 1. The van der Waals surface area contributed by atoms with Gasteiger partial charge in [-0.2, -0.15) is 0 Å². The lowest BCUT2D eigenvalue weighted by molar-refractivity contribution is -0.141. The summed E-state index contributed by atoms with van der Waals surface area (Å²) in [7, 11) is 0. The molecule has 0 radical (unpaired) electrons. The van der Waals surface area contributed by atoms with Gasteiger partial charge < -0.3 is 24.1 Å². The Bertz CT molecular complexity index is 958. The molecule has 2 atom stereocenters. The number of hydrogen-bond acceptors (Lipinski definition) is 6. The highest BCUT2D eigenvalue weighted by Crippen LogP contribution is 2.29. The molecule has 1 aliphatic rings. The molecule has 1 fully saturated rings. The predicted molar refractivity (Wildman–Crippen MR) is 147 cm³/mol. The van der Waals surface area contributed by atoms with Crippen molar-refractivity contribution < 1.29 is 28.8 Å². The average molecular weight is 513 g/mol. The van der Waals surface area contributed by atoms with Crippen LogP contribution in [0.25, 0.3) is 0 Å². The third-order valence-corrected chi connectivity index (χ3v) is 6.90. The summed E-state index contributed by atoms with van der Waals surface area (Å²) in [5.41, 5.74) is 3.00. The van der Waals surface area contributed by atoms with Crippen LogP contribution < -0.4 is 9.47 Å². The number of benzene rings is 2. The van der Waals surface area contributed by atoms with Crippen LogP contribution in [0.15, 0.2) is 61.2 Å². The van der Waals surface area contributed by atoms with E-state index in [1.165, 1.54) is 11.1 Å². The van der Waals surface area contributed by atoms with Gasteiger partial charge in [0.1, 0.15) is 43.5 Å². The standard InChI is InChI=1S/C17H24O4.C14H20O2/c1-5-16(19)21-12-14(18)11-20-15-9-7-13(8-10-15)17(3,4)6-2;1-4-14(2,3)11-5-7-12(8-6-11)15-9-13-10-16-13/h5,7-10,14,18H,1,6,11-12H2,2-4H3;5-8,13H,4,9-10H2,1-3H3. The fourth-order valence-corrected chi connectivity index (χ4v) is 3.24. The van der Waals surface area contributed by atoms with Gasteiger partial charge in [-0.3, -0.25) is 0 Å². The lowest BCUT2D eigenvalue weighted by Crippen LogP contribution is -2.24. The van der Waals surface area contributed by atoms with Gasteiger partial charge in [0.25, 0.3) is 0 Å². The summed E-state index contributed by atoms with van der Waals surface area (Å²) >= 11 is 0. The van der Waals surface area contributed by atoms with E-state index in [0.717, 1.165) is 31.3 Å². The zero-order chi connectivity index (χ0) is 27.5. The molecule has 1 saturated heterocycles. The van der Waals surface area contributed by atoms with E-state index >= 15 is 0 Å². The van der Waals surface area contributed by atoms with Gasteiger partial charge in [-0.1, -0.05) is 72.4 Å². The second-order valence-corrected chi connectivity index (χ2v) is 10.6. The highest BCUT2D eigenvalue weighted by molar-refractivity contribution is 5.81. The minimum absolute atomic E-state index is 0.0704. The number of rotatable bonds is 13. The summed E-state index contributed by atoms with van der Waals surface area (Å²) in [6, 6.07) is 16.2. The van der Waals surface area contributed by atoms with Crippen LogP contribution in [-0.4, -0.2) is 49.7 Å². The van der Waals surface area contributed by atoms with Gasteiger partial charge in [0, 0.05) is 6.08 Å². The maximum Gasteiger partial charge on any atom is 0.330 e. The summed E-state index contributed by atoms with van der Waals surface area (Å²) in [5.74, 6) is 1.06. The Labute approximate surface area is 222 Å². The van der Waals surface area contributed by atoms with Crippen LogP contribution in [0.2, 0.25) is 0 Å². The average Bonchev–Trinajstić information content (AvgIpc) is 3.75. The summed E-state index contributed by atoms with van der Waals surface area (Å²) in [5, 5.41) is 9.64. The van der Waals surface area contributed by atoms with Crippen molar-refractivity contribution in [2.24, 2.45) is 0 Å². The van der Waals surface area contributed by atoms with Crippen molar-refractivity contribution in [2.75, 3.05) is 26.4 Å². The van der Waals surface area contributed by atoms with E-state index in [-0.39, 0.29) is 24.0 Å². The van der Waals surface area contributed by atoms with E-state index in [4.69, 9.17) is 18.9 Å². The van der Waals surface area contributed by atoms with Crippen LogP contribution >= 0.6 is 0 Å². The Balaban J connectivity index is 0.000000269. The molecule has 3 rings (SSSR count). The first kappa shape index (κ1) is 30.4. The molecule has 37 heavy (non-hydrogen) atoms. The molecule has 1 heterocycles. The van der Waals surface area contributed by atoms with Crippen molar-refractivity contribution in [1.29, 1.82) is 0 Å². The summed E-state index contributed by atoms with van der Waals surface area (Å²) in [4.78, 5) is 10.9. The van der Waals surface area contributed by atoms with E-state index in [2.05, 4.69) is 72.4 Å². The molecule has 6 nitrogen and oxygen atoms in total. The number of hydrogen-bond donors (Lipinski definition) is 1. The molecule has 6 heteroatoms. The lowest BCUT2D eigenvalue weighted by atomic mass is 9.82. The maximum atomic E-state index is 10.9. The number of aliphatic hydroxyl groups is 1. The summed E-state index contributed by atoms with van der Waals surface area (Å²) in [6.45, 7) is 18.1. The van der Waals surface area contributed by atoms with Crippen molar-refractivity contribution in [2.45, 2.75) is 77.4 Å². The molecule has 0 amide bonds. The quantitative estimate of drug-likeness (QED) is 0.202. The zero-order valence-corrected chi connectivity index (χ0v) is 23.3. The number of carbonyl (C=O) groups excluding carboxylic acids is 1. The fourth-order valence-electron chi connectivity index (χ4n) is 3.24. The molecule has 2 unspecified atom stereocenters. The summed E-state index contributed by atoms with van der Waals surface area (Å²) < 4.78 is 20.9. The Morgan fingerprint density at radius 1 is 0.946 bits per heavy atom. The summed E-state index contributed by atoms with van der Waals surface area (Å²) in [6.07, 6.45) is 2.72. The first-order valence-electron chi connectivity index (χ1n) is 13.1. The lowest BCUT2D eigenvalue weighted by Gasteiger charge is -2.23. The van der Waals surface area contributed by atoms with Gasteiger partial charge in [-0.05, 0) is 59.1 Å². The first-order valence-corrected chi connectivity index (χ1v) is 13.1. The highest BCUT2D eigenvalue weighted by Gasteiger charge is 2.23. The van der Waals surface area contributed by atoms with Crippen molar-refractivity contribution in [3.05, 3.63) is 72.3 Å². The van der Waals surface area contributed by atoms with Crippen molar-refractivity contribution >= 4 is 5.97 Å². The van der Waals surface area contributed by atoms with Gasteiger partial charge in [0.15, 0.2) is 0 Å².